The Balaban J connectivity index is 1.56. The molecule has 1 heterocycles. The highest BCUT2D eigenvalue weighted by atomic mass is 16.3. The Morgan fingerprint density at radius 1 is 1.07 bits per heavy atom. The third kappa shape index (κ3) is 4.85. The molecule has 0 aliphatic heterocycles. The lowest BCUT2D eigenvalue weighted by Gasteiger charge is -2.17. The smallest absolute Gasteiger partial charge is 0.243 e. The van der Waals surface area contributed by atoms with E-state index in [4.69, 9.17) is 4.42 Å². The summed E-state index contributed by atoms with van der Waals surface area (Å²) in [6, 6.07) is 17.1. The van der Waals surface area contributed by atoms with Crippen molar-refractivity contribution in [3.05, 3.63) is 72.1 Å². The van der Waals surface area contributed by atoms with Gasteiger partial charge in [0.1, 0.15) is 6.26 Å². The van der Waals surface area contributed by atoms with Crippen molar-refractivity contribution in [2.24, 2.45) is 0 Å². The molecular weight excluding hydrogens is 354 g/mol. The van der Waals surface area contributed by atoms with Crippen LogP contribution in [0.5, 0.6) is 0 Å². The Morgan fingerprint density at radius 3 is 2.54 bits per heavy atom. The highest BCUT2D eigenvalue weighted by Gasteiger charge is 2.16. The van der Waals surface area contributed by atoms with Crippen LogP contribution < -0.4 is 5.32 Å². The standard InChI is InChI=1S/C22H23N3O3/c1-3-16-9-7-8-12-19(16)24-20(26)14-25(2)21(27)13-18-15-28-22(23-18)17-10-5-4-6-11-17/h4-12,15H,3,13-14H2,1-2H3,(H,24,26). The van der Waals surface area contributed by atoms with Crippen LogP contribution >= 0.6 is 0 Å². The second-order valence-corrected chi connectivity index (χ2v) is 6.50. The maximum absolute atomic E-state index is 12.4. The van der Waals surface area contributed by atoms with E-state index in [-0.39, 0.29) is 24.8 Å². The van der Waals surface area contributed by atoms with Gasteiger partial charge in [-0.3, -0.25) is 9.59 Å². The van der Waals surface area contributed by atoms with Gasteiger partial charge in [0.2, 0.25) is 17.7 Å². The zero-order valence-electron chi connectivity index (χ0n) is 16.0. The van der Waals surface area contributed by atoms with Crippen LogP contribution in [-0.2, 0) is 22.4 Å². The van der Waals surface area contributed by atoms with E-state index in [0.29, 0.717) is 11.6 Å². The number of carbonyl (C=O) groups excluding carboxylic acids is 2. The minimum absolute atomic E-state index is 0.0275. The number of aryl methyl sites for hydroxylation is 1. The number of aromatic nitrogens is 1. The lowest BCUT2D eigenvalue weighted by molar-refractivity contribution is -0.132. The SMILES string of the molecule is CCc1ccccc1NC(=O)CN(C)C(=O)Cc1coc(-c2ccccc2)n1. The predicted molar refractivity (Wildman–Crippen MR) is 108 cm³/mol. The number of nitrogens with zero attached hydrogens (tertiary/aromatic N) is 2. The molecule has 0 unspecified atom stereocenters. The van der Waals surface area contributed by atoms with Gasteiger partial charge in [0.25, 0.3) is 0 Å². The lowest BCUT2D eigenvalue weighted by atomic mass is 10.1. The van der Waals surface area contributed by atoms with Crippen LogP contribution in [0.2, 0.25) is 0 Å². The van der Waals surface area contributed by atoms with Crippen LogP contribution in [-0.4, -0.2) is 35.3 Å². The molecule has 28 heavy (non-hydrogen) atoms. The number of carbonyl (C=O) groups is 2. The summed E-state index contributed by atoms with van der Waals surface area (Å²) in [6.45, 7) is 2.00. The number of rotatable bonds is 7. The van der Waals surface area contributed by atoms with E-state index in [2.05, 4.69) is 10.3 Å². The lowest BCUT2D eigenvalue weighted by Crippen LogP contribution is -2.36. The molecule has 0 spiro atoms. The third-order valence-corrected chi connectivity index (χ3v) is 4.38. The van der Waals surface area contributed by atoms with Crippen LogP contribution in [0.1, 0.15) is 18.2 Å². The number of hydrogen-bond acceptors (Lipinski definition) is 4. The van der Waals surface area contributed by atoms with Gasteiger partial charge in [0.15, 0.2) is 0 Å². The van der Waals surface area contributed by atoms with Crippen molar-refractivity contribution < 1.29 is 14.0 Å². The number of likely N-dealkylation sites (N-methyl/N-ethyl adjacent to an activating group) is 1. The highest BCUT2D eigenvalue weighted by Crippen LogP contribution is 2.18. The zero-order chi connectivity index (χ0) is 19.9. The molecule has 6 heteroatoms. The monoisotopic (exact) mass is 377 g/mol. The molecule has 0 bridgehead atoms. The molecule has 3 aromatic rings. The van der Waals surface area contributed by atoms with Gasteiger partial charge in [-0.2, -0.15) is 0 Å². The number of anilines is 1. The van der Waals surface area contributed by atoms with Gasteiger partial charge in [0, 0.05) is 18.3 Å². The van der Waals surface area contributed by atoms with Crippen molar-refractivity contribution in [1.82, 2.24) is 9.88 Å². The van der Waals surface area contributed by atoms with Crippen LogP contribution in [0, 0.1) is 0 Å². The Hall–Kier alpha value is -3.41. The summed E-state index contributed by atoms with van der Waals surface area (Å²) in [6.07, 6.45) is 2.37. The molecule has 0 radical (unpaired) electrons. The van der Waals surface area contributed by atoms with Crippen molar-refractivity contribution in [3.63, 3.8) is 0 Å². The summed E-state index contributed by atoms with van der Waals surface area (Å²) < 4.78 is 5.46. The Morgan fingerprint density at radius 2 is 1.79 bits per heavy atom. The molecule has 1 aromatic heterocycles. The van der Waals surface area contributed by atoms with Crippen molar-refractivity contribution >= 4 is 17.5 Å². The normalized spacial score (nSPS) is 10.5. The molecular formula is C22H23N3O3. The molecule has 2 amide bonds. The van der Waals surface area contributed by atoms with Crippen molar-refractivity contribution in [2.45, 2.75) is 19.8 Å². The van der Waals surface area contributed by atoms with E-state index in [9.17, 15) is 9.59 Å². The average molecular weight is 377 g/mol. The van der Waals surface area contributed by atoms with E-state index < -0.39 is 0 Å². The van der Waals surface area contributed by atoms with Crippen LogP contribution in [0.25, 0.3) is 11.5 Å². The Labute approximate surface area is 164 Å². The van der Waals surface area contributed by atoms with Gasteiger partial charge in [-0.25, -0.2) is 4.98 Å². The number of hydrogen-bond donors (Lipinski definition) is 1. The van der Waals surface area contributed by atoms with Gasteiger partial charge in [-0.05, 0) is 30.2 Å². The molecule has 0 aliphatic carbocycles. The first-order chi connectivity index (χ1) is 13.6. The van der Waals surface area contributed by atoms with E-state index >= 15 is 0 Å². The first-order valence-electron chi connectivity index (χ1n) is 9.18. The molecule has 0 fully saturated rings. The number of benzene rings is 2. The van der Waals surface area contributed by atoms with Crippen LogP contribution in [0.3, 0.4) is 0 Å². The van der Waals surface area contributed by atoms with E-state index in [1.165, 1.54) is 11.2 Å². The van der Waals surface area contributed by atoms with Crippen LogP contribution in [0.15, 0.2) is 65.3 Å². The fourth-order valence-electron chi connectivity index (χ4n) is 2.84. The topological polar surface area (TPSA) is 75.4 Å². The predicted octanol–water partition coefficient (Wildman–Crippen LogP) is 3.54. The van der Waals surface area contributed by atoms with E-state index in [0.717, 1.165) is 23.2 Å². The summed E-state index contributed by atoms with van der Waals surface area (Å²) in [5.41, 5.74) is 3.22. The van der Waals surface area contributed by atoms with Gasteiger partial charge in [-0.15, -0.1) is 0 Å². The molecule has 0 aliphatic rings. The van der Waals surface area contributed by atoms with Crippen molar-refractivity contribution in [1.29, 1.82) is 0 Å². The molecule has 0 saturated heterocycles. The Bertz CT molecular complexity index is 950. The van der Waals surface area contributed by atoms with Gasteiger partial charge in [-0.1, -0.05) is 43.3 Å². The fourth-order valence-corrected chi connectivity index (χ4v) is 2.84. The quantitative estimate of drug-likeness (QED) is 0.683. The van der Waals surface area contributed by atoms with Gasteiger partial charge < -0.3 is 14.6 Å². The van der Waals surface area contributed by atoms with E-state index in [1.807, 2.05) is 61.5 Å². The second-order valence-electron chi connectivity index (χ2n) is 6.50. The second kappa shape index (κ2) is 8.99. The summed E-state index contributed by atoms with van der Waals surface area (Å²) in [5, 5.41) is 2.87. The number of amides is 2. The molecule has 3 rings (SSSR count). The molecule has 0 saturated carbocycles. The fraction of sp³-hybridized carbons (Fsp3) is 0.227. The number of para-hydroxylation sites is 1. The molecule has 2 aromatic carbocycles. The first-order valence-corrected chi connectivity index (χ1v) is 9.18. The molecule has 6 nitrogen and oxygen atoms in total. The number of nitrogens with one attached hydrogen (secondary N) is 1. The maximum Gasteiger partial charge on any atom is 0.243 e. The minimum Gasteiger partial charge on any atom is -0.444 e. The van der Waals surface area contributed by atoms with Crippen molar-refractivity contribution in [2.75, 3.05) is 18.9 Å². The molecule has 0 atom stereocenters. The summed E-state index contributed by atoms with van der Waals surface area (Å²) in [4.78, 5) is 30.5. The highest BCUT2D eigenvalue weighted by molar-refractivity contribution is 5.95. The van der Waals surface area contributed by atoms with Crippen LogP contribution in [0.4, 0.5) is 5.69 Å². The minimum atomic E-state index is -0.234. The summed E-state index contributed by atoms with van der Waals surface area (Å²) >= 11 is 0. The zero-order valence-corrected chi connectivity index (χ0v) is 16.0. The summed E-state index contributed by atoms with van der Waals surface area (Å²) in [5.74, 6) is 0.0358. The largest absolute Gasteiger partial charge is 0.444 e. The molecule has 1 N–H and O–H groups in total. The average Bonchev–Trinajstić information content (AvgIpc) is 3.17. The maximum atomic E-state index is 12.4. The van der Waals surface area contributed by atoms with Gasteiger partial charge in [0.05, 0.1) is 18.7 Å². The summed E-state index contributed by atoms with van der Waals surface area (Å²) in [7, 11) is 1.60. The van der Waals surface area contributed by atoms with Gasteiger partial charge >= 0.3 is 0 Å². The molecule has 144 valence electrons. The third-order valence-electron chi connectivity index (χ3n) is 4.38. The van der Waals surface area contributed by atoms with E-state index in [1.54, 1.807) is 7.05 Å². The first kappa shape index (κ1) is 19.4. The van der Waals surface area contributed by atoms with Crippen molar-refractivity contribution in [3.8, 4) is 11.5 Å². The number of oxazole rings is 1. The Kier molecular flexibility index (Phi) is 6.22.